The van der Waals surface area contributed by atoms with Gasteiger partial charge in [0.1, 0.15) is 13.2 Å². The van der Waals surface area contributed by atoms with E-state index in [2.05, 4.69) is 21.2 Å². The number of halogens is 1. The molecule has 1 N–H and O–H groups in total. The van der Waals surface area contributed by atoms with Crippen molar-refractivity contribution in [1.82, 2.24) is 0 Å². The molecule has 4 rings (SSSR count). The van der Waals surface area contributed by atoms with E-state index in [0.29, 0.717) is 36.9 Å². The average Bonchev–Trinajstić information content (AvgIpc) is 3.04. The predicted octanol–water partition coefficient (Wildman–Crippen LogP) is 3.21. The first-order chi connectivity index (χ1) is 12.6. The van der Waals surface area contributed by atoms with E-state index >= 15 is 0 Å². The summed E-state index contributed by atoms with van der Waals surface area (Å²) in [6.45, 7) is 1.37. The van der Waals surface area contributed by atoms with Crippen LogP contribution < -0.4 is 19.7 Å². The summed E-state index contributed by atoms with van der Waals surface area (Å²) in [7, 11) is 0. The molecule has 0 saturated carbocycles. The lowest BCUT2D eigenvalue weighted by molar-refractivity contribution is -0.122. The fraction of sp³-hybridized carbons (Fsp3) is 0.263. The van der Waals surface area contributed by atoms with Crippen LogP contribution in [0.4, 0.5) is 11.4 Å². The normalized spacial score (nSPS) is 18.7. The number of anilines is 2. The van der Waals surface area contributed by atoms with Crippen LogP contribution in [0.5, 0.6) is 11.5 Å². The zero-order valence-corrected chi connectivity index (χ0v) is 15.5. The molecule has 2 aromatic carbocycles. The van der Waals surface area contributed by atoms with Crippen LogP contribution in [0, 0.1) is 5.92 Å². The van der Waals surface area contributed by atoms with E-state index in [9.17, 15) is 9.59 Å². The number of hydrogen-bond donors (Lipinski definition) is 1. The van der Waals surface area contributed by atoms with Crippen LogP contribution in [0.3, 0.4) is 0 Å². The van der Waals surface area contributed by atoms with E-state index in [1.807, 2.05) is 24.3 Å². The molecule has 6 nitrogen and oxygen atoms in total. The molecule has 2 heterocycles. The number of fused-ring (bicyclic) bond motifs is 1. The Morgan fingerprint density at radius 1 is 1.12 bits per heavy atom. The van der Waals surface area contributed by atoms with Crippen molar-refractivity contribution in [3.63, 3.8) is 0 Å². The number of nitrogens with one attached hydrogen (secondary N) is 1. The highest BCUT2D eigenvalue weighted by Crippen LogP contribution is 2.34. The van der Waals surface area contributed by atoms with E-state index in [1.165, 1.54) is 0 Å². The molecule has 1 fully saturated rings. The molecule has 1 saturated heterocycles. The van der Waals surface area contributed by atoms with Crippen LogP contribution in [-0.2, 0) is 9.59 Å². The first-order valence-electron chi connectivity index (χ1n) is 8.37. The number of ether oxygens (including phenoxy) is 2. The van der Waals surface area contributed by atoms with Gasteiger partial charge in [0.15, 0.2) is 11.5 Å². The summed E-state index contributed by atoms with van der Waals surface area (Å²) in [5.41, 5.74) is 1.41. The minimum absolute atomic E-state index is 0.0563. The van der Waals surface area contributed by atoms with Crippen molar-refractivity contribution in [3.8, 4) is 11.5 Å². The molecule has 0 spiro atoms. The number of nitrogens with zero attached hydrogens (tertiary/aromatic N) is 1. The summed E-state index contributed by atoms with van der Waals surface area (Å²) in [6, 6.07) is 12.8. The molecular weight excluding hydrogens is 400 g/mol. The smallest absolute Gasteiger partial charge is 0.229 e. The predicted molar refractivity (Wildman–Crippen MR) is 101 cm³/mol. The monoisotopic (exact) mass is 416 g/mol. The van der Waals surface area contributed by atoms with Gasteiger partial charge in [0.2, 0.25) is 11.8 Å². The summed E-state index contributed by atoms with van der Waals surface area (Å²) >= 11 is 3.46. The second kappa shape index (κ2) is 6.99. The van der Waals surface area contributed by atoms with Crippen LogP contribution >= 0.6 is 15.9 Å². The minimum Gasteiger partial charge on any atom is -0.486 e. The van der Waals surface area contributed by atoms with E-state index < -0.39 is 5.92 Å². The quantitative estimate of drug-likeness (QED) is 0.833. The first-order valence-corrected chi connectivity index (χ1v) is 9.16. The lowest BCUT2D eigenvalue weighted by Gasteiger charge is -2.20. The Bertz CT molecular complexity index is 870. The van der Waals surface area contributed by atoms with Gasteiger partial charge in [-0.3, -0.25) is 9.59 Å². The SMILES string of the molecule is O=C(Nc1ccc2c(c1)OCCO2)C1CC(=O)N(c2ccccc2Br)C1. The maximum Gasteiger partial charge on any atom is 0.229 e. The van der Waals surface area contributed by atoms with Gasteiger partial charge in [-0.05, 0) is 40.2 Å². The standard InChI is InChI=1S/C19H17BrN2O4/c20-14-3-1-2-4-15(14)22-11-12(9-18(22)23)19(24)21-13-5-6-16-17(10-13)26-8-7-25-16/h1-6,10,12H,7-9,11H2,(H,21,24). The maximum absolute atomic E-state index is 12.6. The van der Waals surface area contributed by atoms with Crippen molar-refractivity contribution in [2.45, 2.75) is 6.42 Å². The van der Waals surface area contributed by atoms with Gasteiger partial charge < -0.3 is 19.7 Å². The van der Waals surface area contributed by atoms with E-state index in [0.717, 1.165) is 10.2 Å². The zero-order valence-electron chi connectivity index (χ0n) is 13.9. The van der Waals surface area contributed by atoms with Crippen molar-refractivity contribution < 1.29 is 19.1 Å². The number of rotatable bonds is 3. The van der Waals surface area contributed by atoms with E-state index in [4.69, 9.17) is 9.47 Å². The van der Waals surface area contributed by atoms with Crippen LogP contribution in [0.15, 0.2) is 46.9 Å². The molecule has 0 radical (unpaired) electrons. The van der Waals surface area contributed by atoms with Crippen LogP contribution in [-0.4, -0.2) is 31.6 Å². The molecule has 2 aliphatic heterocycles. The van der Waals surface area contributed by atoms with Gasteiger partial charge in [0.05, 0.1) is 11.6 Å². The Hall–Kier alpha value is -2.54. The number of carbonyl (C=O) groups excluding carboxylic acids is 2. The van der Waals surface area contributed by atoms with Crippen molar-refractivity contribution >= 4 is 39.1 Å². The summed E-state index contributed by atoms with van der Waals surface area (Å²) in [5, 5.41) is 2.88. The van der Waals surface area contributed by atoms with Crippen LogP contribution in [0.2, 0.25) is 0 Å². The highest BCUT2D eigenvalue weighted by molar-refractivity contribution is 9.10. The van der Waals surface area contributed by atoms with E-state index in [-0.39, 0.29) is 18.2 Å². The van der Waals surface area contributed by atoms with Gasteiger partial charge in [-0.2, -0.15) is 0 Å². The average molecular weight is 417 g/mol. The Balaban J connectivity index is 1.46. The van der Waals surface area contributed by atoms with Crippen molar-refractivity contribution in [1.29, 1.82) is 0 Å². The summed E-state index contributed by atoms with van der Waals surface area (Å²) in [5.74, 6) is 0.656. The Labute approximate surface area is 159 Å². The third-order valence-corrected chi connectivity index (χ3v) is 5.12. The highest BCUT2D eigenvalue weighted by atomic mass is 79.9. The Morgan fingerprint density at radius 3 is 2.69 bits per heavy atom. The van der Waals surface area contributed by atoms with Crippen LogP contribution in [0.25, 0.3) is 0 Å². The van der Waals surface area contributed by atoms with Crippen molar-refractivity contribution in [3.05, 3.63) is 46.9 Å². The number of amides is 2. The third kappa shape index (κ3) is 3.26. The van der Waals surface area contributed by atoms with Gasteiger partial charge in [0, 0.05) is 29.2 Å². The Kier molecular flexibility index (Phi) is 4.55. The Morgan fingerprint density at radius 2 is 1.88 bits per heavy atom. The fourth-order valence-corrected chi connectivity index (χ4v) is 3.65. The molecule has 0 aromatic heterocycles. The molecule has 0 aliphatic carbocycles. The molecule has 134 valence electrons. The fourth-order valence-electron chi connectivity index (χ4n) is 3.15. The van der Waals surface area contributed by atoms with Crippen molar-refractivity contribution in [2.75, 3.05) is 30.0 Å². The van der Waals surface area contributed by atoms with Gasteiger partial charge in [-0.25, -0.2) is 0 Å². The molecular formula is C19H17BrN2O4. The zero-order chi connectivity index (χ0) is 18.1. The van der Waals surface area contributed by atoms with Gasteiger partial charge in [-0.1, -0.05) is 12.1 Å². The number of benzene rings is 2. The summed E-state index contributed by atoms with van der Waals surface area (Å²) in [4.78, 5) is 26.6. The molecule has 2 aliphatic rings. The number of hydrogen-bond acceptors (Lipinski definition) is 4. The lowest BCUT2D eigenvalue weighted by atomic mass is 10.1. The molecule has 7 heteroatoms. The van der Waals surface area contributed by atoms with Gasteiger partial charge in [-0.15, -0.1) is 0 Å². The lowest BCUT2D eigenvalue weighted by Crippen LogP contribution is -2.28. The van der Waals surface area contributed by atoms with Gasteiger partial charge >= 0.3 is 0 Å². The van der Waals surface area contributed by atoms with Gasteiger partial charge in [0.25, 0.3) is 0 Å². The third-order valence-electron chi connectivity index (χ3n) is 4.45. The summed E-state index contributed by atoms with van der Waals surface area (Å²) < 4.78 is 11.8. The second-order valence-corrected chi connectivity index (χ2v) is 7.06. The first kappa shape index (κ1) is 16.9. The molecule has 2 aromatic rings. The number of carbonyl (C=O) groups is 2. The van der Waals surface area contributed by atoms with Crippen molar-refractivity contribution in [2.24, 2.45) is 5.92 Å². The van der Waals surface area contributed by atoms with Crippen LogP contribution in [0.1, 0.15) is 6.42 Å². The topological polar surface area (TPSA) is 67.9 Å². The molecule has 1 atom stereocenters. The van der Waals surface area contributed by atoms with E-state index in [1.54, 1.807) is 23.1 Å². The number of para-hydroxylation sites is 1. The molecule has 0 bridgehead atoms. The highest BCUT2D eigenvalue weighted by Gasteiger charge is 2.35. The largest absolute Gasteiger partial charge is 0.486 e. The minimum atomic E-state index is -0.400. The molecule has 2 amide bonds. The molecule has 26 heavy (non-hydrogen) atoms. The second-order valence-electron chi connectivity index (χ2n) is 6.20. The molecule has 1 unspecified atom stereocenters. The maximum atomic E-state index is 12.6. The summed E-state index contributed by atoms with van der Waals surface area (Å²) in [6.07, 6.45) is 0.192.